The van der Waals surface area contributed by atoms with Crippen molar-refractivity contribution in [2.75, 3.05) is 0 Å². The Morgan fingerprint density at radius 2 is 1.80 bits per heavy atom. The van der Waals surface area contributed by atoms with Crippen molar-refractivity contribution in [1.82, 2.24) is 0 Å². The third-order valence-corrected chi connectivity index (χ3v) is 3.84. The fraction of sp³-hybridized carbons (Fsp3) is 0.235. The lowest BCUT2D eigenvalue weighted by atomic mass is 9.99. The van der Waals surface area contributed by atoms with Gasteiger partial charge in [0.2, 0.25) is 0 Å². The molecule has 0 saturated heterocycles. The highest BCUT2D eigenvalue weighted by Crippen LogP contribution is 2.32. The first-order chi connectivity index (χ1) is 9.60. The van der Waals surface area contributed by atoms with Gasteiger partial charge >= 0.3 is 5.97 Å². The number of aliphatic carboxylic acids is 1. The molecule has 102 valence electrons. The van der Waals surface area contributed by atoms with Gasteiger partial charge in [0.05, 0.1) is 5.92 Å². The lowest BCUT2D eigenvalue weighted by Gasteiger charge is -2.05. The van der Waals surface area contributed by atoms with E-state index in [1.165, 1.54) is 5.56 Å². The zero-order valence-corrected chi connectivity index (χ0v) is 11.5. The van der Waals surface area contributed by atoms with Crippen molar-refractivity contribution >= 4 is 27.9 Å². The minimum atomic E-state index is -0.814. The van der Waals surface area contributed by atoms with E-state index in [0.29, 0.717) is 0 Å². The van der Waals surface area contributed by atoms with Gasteiger partial charge in [-0.3, -0.25) is 4.79 Å². The summed E-state index contributed by atoms with van der Waals surface area (Å²) in [5.41, 5.74) is 3.69. The number of aryl methyl sites for hydroxylation is 1. The van der Waals surface area contributed by atoms with Crippen LogP contribution in [0, 0.1) is 0 Å². The lowest BCUT2D eigenvalue weighted by molar-refractivity contribution is -0.138. The molecule has 1 unspecified atom stereocenters. The van der Waals surface area contributed by atoms with Crippen LogP contribution in [0.5, 0.6) is 0 Å². The molecule has 0 bridgehead atoms. The van der Waals surface area contributed by atoms with Crippen molar-refractivity contribution in [3.05, 3.63) is 47.5 Å². The minimum absolute atomic E-state index is 0.515. The summed E-state index contributed by atoms with van der Waals surface area (Å²) < 4.78 is 5.80. The van der Waals surface area contributed by atoms with Crippen molar-refractivity contribution in [3.8, 4) is 0 Å². The molecule has 20 heavy (non-hydrogen) atoms. The predicted molar refractivity (Wildman–Crippen MR) is 79.1 cm³/mol. The van der Waals surface area contributed by atoms with Crippen LogP contribution in [0.15, 0.2) is 40.8 Å². The van der Waals surface area contributed by atoms with Crippen molar-refractivity contribution in [2.24, 2.45) is 0 Å². The normalized spacial score (nSPS) is 12.9. The van der Waals surface area contributed by atoms with Gasteiger partial charge in [0.15, 0.2) is 0 Å². The highest BCUT2D eigenvalue weighted by Gasteiger charge is 2.16. The zero-order chi connectivity index (χ0) is 14.3. The summed E-state index contributed by atoms with van der Waals surface area (Å²) in [7, 11) is 0. The fourth-order valence-electron chi connectivity index (χ4n) is 2.47. The minimum Gasteiger partial charge on any atom is -0.481 e. The molecule has 1 aromatic heterocycles. The summed E-state index contributed by atoms with van der Waals surface area (Å²) in [5, 5.41) is 11.2. The molecule has 3 nitrogen and oxygen atoms in total. The summed E-state index contributed by atoms with van der Waals surface area (Å²) >= 11 is 0. The zero-order valence-electron chi connectivity index (χ0n) is 11.5. The number of carboxylic acid groups (broad SMARTS) is 1. The monoisotopic (exact) mass is 268 g/mol. The standard InChI is InChI=1S/C17H16O3/c1-3-11-4-6-15-13(8-11)14-9-12(10(2)17(18)19)5-7-16(14)20-15/h4-10H,3H2,1-2H3,(H,18,19). The highest BCUT2D eigenvalue weighted by atomic mass is 16.4. The molecule has 1 heterocycles. The summed E-state index contributed by atoms with van der Waals surface area (Å²) in [6.07, 6.45) is 0.966. The quantitative estimate of drug-likeness (QED) is 0.768. The van der Waals surface area contributed by atoms with Crippen LogP contribution in [0.25, 0.3) is 21.9 Å². The number of furan rings is 1. The molecule has 0 saturated carbocycles. The molecule has 2 aromatic carbocycles. The molecule has 1 N–H and O–H groups in total. The first-order valence-corrected chi connectivity index (χ1v) is 6.78. The summed E-state index contributed by atoms with van der Waals surface area (Å²) in [6.45, 7) is 3.81. The van der Waals surface area contributed by atoms with Gasteiger partial charge in [-0.25, -0.2) is 0 Å². The Hall–Kier alpha value is -2.29. The van der Waals surface area contributed by atoms with Crippen molar-refractivity contribution < 1.29 is 14.3 Å². The maximum Gasteiger partial charge on any atom is 0.310 e. The maximum absolute atomic E-state index is 11.1. The van der Waals surface area contributed by atoms with Crippen LogP contribution in [0.2, 0.25) is 0 Å². The molecule has 0 amide bonds. The molecule has 0 radical (unpaired) electrons. The molecule has 3 aromatic rings. The van der Waals surface area contributed by atoms with Gasteiger partial charge in [0.1, 0.15) is 11.2 Å². The van der Waals surface area contributed by atoms with E-state index >= 15 is 0 Å². The number of carboxylic acids is 1. The Morgan fingerprint density at radius 1 is 1.15 bits per heavy atom. The molecular formula is C17H16O3. The second kappa shape index (κ2) is 4.67. The molecule has 0 aliphatic carbocycles. The van der Waals surface area contributed by atoms with Gasteiger partial charge in [0, 0.05) is 10.8 Å². The molecule has 0 aliphatic rings. The second-order valence-electron chi connectivity index (χ2n) is 5.10. The molecular weight excluding hydrogens is 252 g/mol. The van der Waals surface area contributed by atoms with E-state index in [2.05, 4.69) is 19.1 Å². The van der Waals surface area contributed by atoms with E-state index in [4.69, 9.17) is 9.52 Å². The van der Waals surface area contributed by atoms with Crippen LogP contribution in [-0.4, -0.2) is 11.1 Å². The average Bonchev–Trinajstić information content (AvgIpc) is 2.82. The van der Waals surface area contributed by atoms with Crippen molar-refractivity contribution in [3.63, 3.8) is 0 Å². The van der Waals surface area contributed by atoms with Crippen LogP contribution in [0.3, 0.4) is 0 Å². The van der Waals surface area contributed by atoms with Gasteiger partial charge in [-0.1, -0.05) is 19.1 Å². The van der Waals surface area contributed by atoms with E-state index in [-0.39, 0.29) is 0 Å². The first kappa shape index (κ1) is 12.7. The Labute approximate surface area is 116 Å². The summed E-state index contributed by atoms with van der Waals surface area (Å²) in [4.78, 5) is 11.1. The molecule has 3 rings (SSSR count). The maximum atomic E-state index is 11.1. The third kappa shape index (κ3) is 1.95. The van der Waals surface area contributed by atoms with Crippen LogP contribution in [0.1, 0.15) is 30.9 Å². The number of rotatable bonds is 3. The predicted octanol–water partition coefficient (Wildman–Crippen LogP) is 4.34. The number of fused-ring (bicyclic) bond motifs is 3. The first-order valence-electron chi connectivity index (χ1n) is 6.78. The van der Waals surface area contributed by atoms with Crippen LogP contribution < -0.4 is 0 Å². The Morgan fingerprint density at radius 3 is 2.45 bits per heavy atom. The number of hydrogen-bond donors (Lipinski definition) is 1. The van der Waals surface area contributed by atoms with E-state index in [9.17, 15) is 4.79 Å². The molecule has 0 aliphatic heterocycles. The molecule has 1 atom stereocenters. The van der Waals surface area contributed by atoms with E-state index < -0.39 is 11.9 Å². The molecule has 0 spiro atoms. The van der Waals surface area contributed by atoms with E-state index in [0.717, 1.165) is 33.9 Å². The van der Waals surface area contributed by atoms with Crippen LogP contribution >= 0.6 is 0 Å². The third-order valence-electron chi connectivity index (χ3n) is 3.84. The molecule has 3 heteroatoms. The van der Waals surface area contributed by atoms with Gasteiger partial charge in [-0.15, -0.1) is 0 Å². The van der Waals surface area contributed by atoms with Gasteiger partial charge in [0.25, 0.3) is 0 Å². The lowest BCUT2D eigenvalue weighted by Crippen LogP contribution is -2.06. The fourth-order valence-corrected chi connectivity index (χ4v) is 2.47. The average molecular weight is 268 g/mol. The summed E-state index contributed by atoms with van der Waals surface area (Å²) in [6, 6.07) is 11.8. The van der Waals surface area contributed by atoms with Crippen LogP contribution in [0.4, 0.5) is 0 Å². The Balaban J connectivity index is 2.25. The van der Waals surface area contributed by atoms with Crippen molar-refractivity contribution in [1.29, 1.82) is 0 Å². The van der Waals surface area contributed by atoms with E-state index in [1.807, 2.05) is 24.3 Å². The largest absolute Gasteiger partial charge is 0.481 e. The highest BCUT2D eigenvalue weighted by molar-refractivity contribution is 6.05. The van der Waals surface area contributed by atoms with Gasteiger partial charge in [-0.05, 0) is 48.7 Å². The second-order valence-corrected chi connectivity index (χ2v) is 5.10. The van der Waals surface area contributed by atoms with Gasteiger partial charge < -0.3 is 9.52 Å². The number of carbonyl (C=O) groups is 1. The molecule has 0 fully saturated rings. The Kier molecular flexibility index (Phi) is 2.97. The van der Waals surface area contributed by atoms with Crippen LogP contribution in [-0.2, 0) is 11.2 Å². The topological polar surface area (TPSA) is 50.4 Å². The van der Waals surface area contributed by atoms with Gasteiger partial charge in [-0.2, -0.15) is 0 Å². The Bertz CT molecular complexity index is 798. The van der Waals surface area contributed by atoms with Crippen molar-refractivity contribution in [2.45, 2.75) is 26.2 Å². The number of hydrogen-bond acceptors (Lipinski definition) is 2. The smallest absolute Gasteiger partial charge is 0.310 e. The summed E-state index contributed by atoms with van der Waals surface area (Å²) in [5.74, 6) is -1.33. The van der Waals surface area contributed by atoms with E-state index in [1.54, 1.807) is 6.92 Å². The number of benzene rings is 2. The SMILES string of the molecule is CCc1ccc2oc3ccc(C(C)C(=O)O)cc3c2c1.